The van der Waals surface area contributed by atoms with E-state index in [1.165, 1.54) is 5.56 Å². The first-order valence-corrected chi connectivity index (χ1v) is 7.66. The van der Waals surface area contributed by atoms with Crippen molar-refractivity contribution in [3.63, 3.8) is 0 Å². The number of halogens is 1. The van der Waals surface area contributed by atoms with Gasteiger partial charge >= 0.3 is 0 Å². The summed E-state index contributed by atoms with van der Waals surface area (Å²) < 4.78 is 7.06. The second-order valence-electron chi connectivity index (χ2n) is 4.88. The van der Waals surface area contributed by atoms with Crippen LogP contribution in [0.15, 0.2) is 46.9 Å². The molecule has 0 saturated heterocycles. The van der Waals surface area contributed by atoms with Gasteiger partial charge in [-0.25, -0.2) is 0 Å². The Kier molecular flexibility index (Phi) is 5.21. The number of rotatable bonds is 5. The second-order valence-corrected chi connectivity index (χ2v) is 5.79. The van der Waals surface area contributed by atoms with Gasteiger partial charge in [0.25, 0.3) is 0 Å². The van der Waals surface area contributed by atoms with E-state index < -0.39 is 0 Å². The van der Waals surface area contributed by atoms with Crippen LogP contribution in [0.1, 0.15) is 31.0 Å². The Morgan fingerprint density at radius 1 is 1.15 bits per heavy atom. The molecule has 0 radical (unpaired) electrons. The molecule has 0 spiro atoms. The van der Waals surface area contributed by atoms with Gasteiger partial charge in [-0.3, -0.25) is 0 Å². The molecule has 0 amide bonds. The van der Waals surface area contributed by atoms with E-state index in [0.717, 1.165) is 28.1 Å². The summed E-state index contributed by atoms with van der Waals surface area (Å²) in [5.41, 5.74) is 2.39. The molecule has 0 aliphatic carbocycles. The van der Waals surface area contributed by atoms with Crippen molar-refractivity contribution in [1.29, 1.82) is 0 Å². The molecule has 1 N–H and O–H groups in total. The highest BCUT2D eigenvalue weighted by Gasteiger charge is 2.12. The van der Waals surface area contributed by atoms with E-state index in [1.807, 2.05) is 24.3 Å². The molecule has 1 unspecified atom stereocenters. The van der Waals surface area contributed by atoms with Gasteiger partial charge < -0.3 is 10.1 Å². The van der Waals surface area contributed by atoms with Gasteiger partial charge in [-0.15, -0.1) is 0 Å². The molecule has 0 heterocycles. The van der Waals surface area contributed by atoms with Crippen LogP contribution in [0.25, 0.3) is 0 Å². The summed E-state index contributed by atoms with van der Waals surface area (Å²) in [7, 11) is 0. The zero-order chi connectivity index (χ0) is 14.5. The van der Waals surface area contributed by atoms with E-state index in [2.05, 4.69) is 60.2 Å². The summed E-state index contributed by atoms with van der Waals surface area (Å²) in [5, 5.41) is 3.42. The van der Waals surface area contributed by atoms with Crippen molar-refractivity contribution in [2.24, 2.45) is 0 Å². The average Bonchev–Trinajstić information content (AvgIpc) is 2.42. The monoisotopic (exact) mass is 333 g/mol. The van der Waals surface area contributed by atoms with Crippen molar-refractivity contribution in [2.45, 2.75) is 26.8 Å². The van der Waals surface area contributed by atoms with Crippen molar-refractivity contribution in [1.82, 2.24) is 5.32 Å². The lowest BCUT2D eigenvalue weighted by atomic mass is 10.1. The fourth-order valence-electron chi connectivity index (χ4n) is 2.10. The van der Waals surface area contributed by atoms with Gasteiger partial charge in [0.05, 0.1) is 0 Å². The molecular weight excluding hydrogens is 314 g/mol. The number of ether oxygens (including phenoxy) is 1. The number of nitrogens with one attached hydrogen (secondary N) is 1. The summed E-state index contributed by atoms with van der Waals surface area (Å²) in [4.78, 5) is 0. The first-order valence-electron chi connectivity index (χ1n) is 6.87. The Labute approximate surface area is 129 Å². The highest BCUT2D eigenvalue weighted by molar-refractivity contribution is 9.10. The van der Waals surface area contributed by atoms with Crippen LogP contribution in [0.3, 0.4) is 0 Å². The van der Waals surface area contributed by atoms with Gasteiger partial charge in [-0.05, 0) is 44.7 Å². The molecule has 0 aliphatic rings. The maximum Gasteiger partial charge on any atom is 0.133 e. The molecule has 106 valence electrons. The van der Waals surface area contributed by atoms with Gasteiger partial charge in [0.2, 0.25) is 0 Å². The van der Waals surface area contributed by atoms with E-state index in [9.17, 15) is 0 Å². The molecule has 1 atom stereocenters. The fourth-order valence-corrected chi connectivity index (χ4v) is 2.44. The van der Waals surface area contributed by atoms with Crippen molar-refractivity contribution in [2.75, 3.05) is 6.54 Å². The predicted octanol–water partition coefficient (Wildman–Crippen LogP) is 5.22. The van der Waals surface area contributed by atoms with Gasteiger partial charge in [-0.1, -0.05) is 46.6 Å². The Balaban J connectivity index is 2.29. The molecule has 2 nitrogen and oxygen atoms in total. The van der Waals surface area contributed by atoms with Gasteiger partial charge in [0, 0.05) is 16.1 Å². The highest BCUT2D eigenvalue weighted by atomic mass is 79.9. The molecule has 0 aromatic heterocycles. The van der Waals surface area contributed by atoms with Crippen LogP contribution < -0.4 is 10.1 Å². The van der Waals surface area contributed by atoms with Crippen LogP contribution in [0.4, 0.5) is 0 Å². The van der Waals surface area contributed by atoms with Crippen molar-refractivity contribution < 1.29 is 4.74 Å². The van der Waals surface area contributed by atoms with E-state index in [4.69, 9.17) is 4.74 Å². The van der Waals surface area contributed by atoms with Gasteiger partial charge in [0.1, 0.15) is 11.5 Å². The quantitative estimate of drug-likeness (QED) is 0.809. The van der Waals surface area contributed by atoms with Gasteiger partial charge in [-0.2, -0.15) is 0 Å². The third kappa shape index (κ3) is 3.84. The summed E-state index contributed by atoms with van der Waals surface area (Å²) in [6, 6.07) is 14.5. The minimum Gasteiger partial charge on any atom is -0.457 e. The van der Waals surface area contributed by atoms with E-state index in [0.29, 0.717) is 0 Å². The summed E-state index contributed by atoms with van der Waals surface area (Å²) >= 11 is 3.51. The predicted molar refractivity (Wildman–Crippen MR) is 87.5 cm³/mol. The zero-order valence-corrected chi connectivity index (χ0v) is 13.7. The number of hydrogen-bond acceptors (Lipinski definition) is 2. The molecule has 0 saturated carbocycles. The van der Waals surface area contributed by atoms with Crippen LogP contribution in [0.5, 0.6) is 11.5 Å². The molecule has 3 heteroatoms. The maximum atomic E-state index is 6.04. The molecular formula is C17H20BrNO. The van der Waals surface area contributed by atoms with Crippen LogP contribution in [0.2, 0.25) is 0 Å². The lowest BCUT2D eigenvalue weighted by Gasteiger charge is -2.18. The second kappa shape index (κ2) is 6.91. The molecule has 0 aliphatic heterocycles. The summed E-state index contributed by atoms with van der Waals surface area (Å²) in [6.45, 7) is 7.26. The largest absolute Gasteiger partial charge is 0.457 e. The highest BCUT2D eigenvalue weighted by Crippen LogP contribution is 2.32. The van der Waals surface area contributed by atoms with Crippen molar-refractivity contribution >= 4 is 15.9 Å². The maximum absolute atomic E-state index is 6.04. The average molecular weight is 334 g/mol. The Morgan fingerprint density at radius 3 is 2.50 bits per heavy atom. The Bertz CT molecular complexity index is 566. The third-order valence-electron chi connectivity index (χ3n) is 3.20. The van der Waals surface area contributed by atoms with Crippen LogP contribution in [-0.2, 0) is 0 Å². The molecule has 0 fully saturated rings. The third-order valence-corrected chi connectivity index (χ3v) is 3.69. The SMILES string of the molecule is CCNC(C)c1ccc(Br)cc1Oc1ccc(C)cc1. The topological polar surface area (TPSA) is 21.3 Å². The lowest BCUT2D eigenvalue weighted by Crippen LogP contribution is -2.18. The van der Waals surface area contributed by atoms with Crippen LogP contribution in [0, 0.1) is 6.92 Å². The normalized spacial score (nSPS) is 12.2. The van der Waals surface area contributed by atoms with Gasteiger partial charge in [0.15, 0.2) is 0 Å². The molecule has 2 rings (SSSR count). The summed E-state index contributed by atoms with van der Waals surface area (Å²) in [5.74, 6) is 1.75. The van der Waals surface area contributed by atoms with E-state index >= 15 is 0 Å². The molecule has 0 bridgehead atoms. The Hall–Kier alpha value is -1.32. The van der Waals surface area contributed by atoms with Crippen molar-refractivity contribution in [3.8, 4) is 11.5 Å². The van der Waals surface area contributed by atoms with E-state index in [1.54, 1.807) is 0 Å². The first kappa shape index (κ1) is 15.1. The number of benzene rings is 2. The lowest BCUT2D eigenvalue weighted by molar-refractivity contribution is 0.462. The Morgan fingerprint density at radius 2 is 1.85 bits per heavy atom. The first-order chi connectivity index (χ1) is 9.60. The molecule has 2 aromatic carbocycles. The fraction of sp³-hybridized carbons (Fsp3) is 0.294. The van der Waals surface area contributed by atoms with E-state index in [-0.39, 0.29) is 6.04 Å². The molecule has 2 aromatic rings. The smallest absolute Gasteiger partial charge is 0.133 e. The van der Waals surface area contributed by atoms with Crippen molar-refractivity contribution in [3.05, 3.63) is 58.1 Å². The summed E-state index contributed by atoms with van der Waals surface area (Å²) in [6.07, 6.45) is 0. The van der Waals surface area contributed by atoms with Crippen LogP contribution >= 0.6 is 15.9 Å². The number of aryl methyl sites for hydroxylation is 1. The minimum absolute atomic E-state index is 0.258. The molecule has 20 heavy (non-hydrogen) atoms. The minimum atomic E-state index is 0.258. The zero-order valence-electron chi connectivity index (χ0n) is 12.1. The standard InChI is InChI=1S/C17H20BrNO/c1-4-19-13(3)16-10-7-14(18)11-17(16)20-15-8-5-12(2)6-9-15/h5-11,13,19H,4H2,1-3H3. The van der Waals surface area contributed by atoms with Crippen LogP contribution in [-0.4, -0.2) is 6.54 Å². The number of hydrogen-bond donors (Lipinski definition) is 1.